The third kappa shape index (κ3) is 6.05. The second kappa shape index (κ2) is 10.7. The van der Waals surface area contributed by atoms with E-state index in [1.165, 1.54) is 12.8 Å². The fourth-order valence-electron chi connectivity index (χ4n) is 6.29. The monoisotopic (exact) mass is 484 g/mol. The van der Waals surface area contributed by atoms with Gasteiger partial charge in [-0.2, -0.15) is 0 Å². The van der Waals surface area contributed by atoms with E-state index in [-0.39, 0.29) is 28.6 Å². The van der Waals surface area contributed by atoms with Crippen molar-refractivity contribution in [1.29, 1.82) is 0 Å². The molecule has 4 heteroatoms. The summed E-state index contributed by atoms with van der Waals surface area (Å²) >= 11 is 0. The Morgan fingerprint density at radius 3 is 2.47 bits per heavy atom. The number of hydrogen-bond acceptors (Lipinski definition) is 3. The number of fused-ring (bicyclic) bond motifs is 1. The molecule has 0 amide bonds. The minimum Gasteiger partial charge on any atom is -0.458 e. The van der Waals surface area contributed by atoms with Crippen molar-refractivity contribution in [3.05, 3.63) is 48.0 Å². The van der Waals surface area contributed by atoms with Crippen LogP contribution >= 0.6 is 0 Å². The van der Waals surface area contributed by atoms with Gasteiger partial charge < -0.3 is 9.16 Å². The number of ether oxygens (including phenoxy) is 1. The lowest BCUT2D eigenvalue weighted by molar-refractivity contribution is -0.0444. The van der Waals surface area contributed by atoms with Gasteiger partial charge in [0, 0.05) is 12.0 Å². The maximum Gasteiger partial charge on any atom is 0.338 e. The number of hydrogen-bond donors (Lipinski definition) is 0. The quantitative estimate of drug-likeness (QED) is 0.211. The van der Waals surface area contributed by atoms with Crippen LogP contribution in [0.15, 0.2) is 42.5 Å². The largest absolute Gasteiger partial charge is 0.458 e. The van der Waals surface area contributed by atoms with Crippen molar-refractivity contribution in [1.82, 2.24) is 0 Å². The lowest BCUT2D eigenvalue weighted by Gasteiger charge is -2.45. The average Bonchev–Trinajstić information content (AvgIpc) is 3.11. The predicted octanol–water partition coefficient (Wildman–Crippen LogP) is 8.42. The summed E-state index contributed by atoms with van der Waals surface area (Å²) in [5.41, 5.74) is 0.905. The van der Waals surface area contributed by atoms with E-state index in [2.05, 4.69) is 66.8 Å². The summed E-state index contributed by atoms with van der Waals surface area (Å²) in [6, 6.07) is 9.44. The summed E-state index contributed by atoms with van der Waals surface area (Å²) in [6.07, 6.45) is 11.8. The van der Waals surface area contributed by atoms with E-state index in [1.807, 2.05) is 30.3 Å². The Morgan fingerprint density at radius 2 is 1.82 bits per heavy atom. The van der Waals surface area contributed by atoms with Crippen molar-refractivity contribution >= 4 is 14.3 Å². The van der Waals surface area contributed by atoms with Crippen LogP contribution in [0.1, 0.15) is 90.4 Å². The van der Waals surface area contributed by atoms with Crippen LogP contribution in [0, 0.1) is 23.2 Å². The first-order chi connectivity index (χ1) is 15.8. The standard InChI is InChI=1S/C30H48O3Si/c1-22(14-12-15-23(2)33-34(7,8)29(3,4)5)25-19-20-26-27(18-13-21-30(25,26)6)32-28(31)24-16-10-9-11-17-24/h9-12,14,16-17,22-23,25-27H,13,15,18-21H2,1-8H3/b14-12+/t22-,23+,25-,26+,27+,30-/m1/s1. The molecule has 1 aromatic rings. The highest BCUT2D eigenvalue weighted by molar-refractivity contribution is 6.74. The highest BCUT2D eigenvalue weighted by Gasteiger charge is 2.53. The summed E-state index contributed by atoms with van der Waals surface area (Å²) < 4.78 is 12.6. The molecule has 34 heavy (non-hydrogen) atoms. The molecule has 0 heterocycles. The van der Waals surface area contributed by atoms with Gasteiger partial charge in [0.15, 0.2) is 8.32 Å². The number of benzene rings is 1. The van der Waals surface area contributed by atoms with Crippen LogP contribution in [-0.2, 0) is 9.16 Å². The fraction of sp³-hybridized carbons (Fsp3) is 0.700. The zero-order chi connectivity index (χ0) is 25.1. The third-order valence-electron chi connectivity index (χ3n) is 9.25. The lowest BCUT2D eigenvalue weighted by atomic mass is 9.62. The molecule has 0 saturated heterocycles. The molecular formula is C30H48O3Si. The molecule has 2 saturated carbocycles. The van der Waals surface area contributed by atoms with Gasteiger partial charge >= 0.3 is 5.97 Å². The SMILES string of the molecule is C[C@H](/C=C/C[C@H](C)O[Si](C)(C)C(C)(C)C)[C@H]1CC[C@H]2[C@@H](OC(=O)c3ccccc3)CCC[C@]12C. The molecule has 2 aliphatic rings. The number of allylic oxidation sites excluding steroid dienone is 1. The van der Waals surface area contributed by atoms with Gasteiger partial charge in [0.1, 0.15) is 6.10 Å². The average molecular weight is 485 g/mol. The van der Waals surface area contributed by atoms with Gasteiger partial charge in [0.25, 0.3) is 0 Å². The molecule has 3 rings (SSSR count). The molecule has 1 aromatic carbocycles. The van der Waals surface area contributed by atoms with Crippen molar-refractivity contribution in [2.45, 2.75) is 110 Å². The van der Waals surface area contributed by atoms with Crippen molar-refractivity contribution < 1.29 is 14.0 Å². The van der Waals surface area contributed by atoms with Crippen molar-refractivity contribution in [3.8, 4) is 0 Å². The van der Waals surface area contributed by atoms with E-state index in [0.717, 1.165) is 25.7 Å². The van der Waals surface area contributed by atoms with Gasteiger partial charge in [-0.25, -0.2) is 4.79 Å². The second-order valence-electron chi connectivity index (χ2n) is 12.7. The van der Waals surface area contributed by atoms with Crippen LogP contribution in [0.2, 0.25) is 18.1 Å². The Labute approximate surface area is 209 Å². The number of carbonyl (C=O) groups is 1. The maximum absolute atomic E-state index is 12.7. The van der Waals surface area contributed by atoms with E-state index in [4.69, 9.17) is 9.16 Å². The molecule has 6 atom stereocenters. The van der Waals surface area contributed by atoms with E-state index < -0.39 is 8.32 Å². The molecule has 0 aromatic heterocycles. The molecule has 0 N–H and O–H groups in total. The van der Waals surface area contributed by atoms with Crippen LogP contribution in [0.25, 0.3) is 0 Å². The molecule has 0 bridgehead atoms. The van der Waals surface area contributed by atoms with Crippen LogP contribution in [-0.4, -0.2) is 26.5 Å². The minimum absolute atomic E-state index is 0.0469. The van der Waals surface area contributed by atoms with Gasteiger partial charge in [-0.15, -0.1) is 0 Å². The highest BCUT2D eigenvalue weighted by Crippen LogP contribution is 2.58. The summed E-state index contributed by atoms with van der Waals surface area (Å²) in [4.78, 5) is 12.7. The Morgan fingerprint density at radius 1 is 1.15 bits per heavy atom. The van der Waals surface area contributed by atoms with Gasteiger partial charge in [-0.3, -0.25) is 0 Å². The first kappa shape index (κ1) is 27.2. The van der Waals surface area contributed by atoms with Gasteiger partial charge in [-0.05, 0) is 93.0 Å². The smallest absolute Gasteiger partial charge is 0.338 e. The number of rotatable bonds is 8. The first-order valence-electron chi connectivity index (χ1n) is 13.5. The van der Waals surface area contributed by atoms with Crippen molar-refractivity contribution in [3.63, 3.8) is 0 Å². The third-order valence-corrected chi connectivity index (χ3v) is 13.9. The van der Waals surface area contributed by atoms with E-state index in [1.54, 1.807) is 0 Å². The van der Waals surface area contributed by atoms with Crippen LogP contribution in [0.3, 0.4) is 0 Å². The van der Waals surface area contributed by atoms with Crippen molar-refractivity contribution in [2.24, 2.45) is 23.2 Å². The Kier molecular flexibility index (Phi) is 8.56. The Hall–Kier alpha value is -1.39. The zero-order valence-electron chi connectivity index (χ0n) is 22.9. The maximum atomic E-state index is 12.7. The van der Waals surface area contributed by atoms with Gasteiger partial charge in [-0.1, -0.05) is 65.0 Å². The van der Waals surface area contributed by atoms with Gasteiger partial charge in [0.05, 0.1) is 5.56 Å². The fourth-order valence-corrected chi connectivity index (χ4v) is 7.75. The Bertz CT molecular complexity index is 840. The summed E-state index contributed by atoms with van der Waals surface area (Å²) in [7, 11) is -1.73. The number of carbonyl (C=O) groups excluding carboxylic acids is 1. The topological polar surface area (TPSA) is 35.5 Å². The predicted molar refractivity (Wildman–Crippen MR) is 144 cm³/mol. The molecule has 0 spiro atoms. The molecule has 0 unspecified atom stereocenters. The molecule has 0 radical (unpaired) electrons. The van der Waals surface area contributed by atoms with E-state index in [9.17, 15) is 4.79 Å². The van der Waals surface area contributed by atoms with E-state index in [0.29, 0.717) is 23.3 Å². The molecule has 3 nitrogen and oxygen atoms in total. The molecular weight excluding hydrogens is 436 g/mol. The summed E-state index contributed by atoms with van der Waals surface area (Å²) in [5, 5.41) is 0.243. The number of esters is 1. The second-order valence-corrected chi connectivity index (χ2v) is 17.5. The van der Waals surface area contributed by atoms with Crippen molar-refractivity contribution in [2.75, 3.05) is 0 Å². The summed E-state index contributed by atoms with van der Waals surface area (Å²) in [6.45, 7) is 18.6. The Balaban J connectivity index is 1.59. The molecule has 2 fully saturated rings. The normalized spacial score (nSPS) is 29.6. The first-order valence-corrected chi connectivity index (χ1v) is 16.4. The zero-order valence-corrected chi connectivity index (χ0v) is 23.9. The van der Waals surface area contributed by atoms with Crippen LogP contribution in [0.5, 0.6) is 0 Å². The highest BCUT2D eigenvalue weighted by atomic mass is 28.4. The molecule has 0 aliphatic heterocycles. The molecule has 2 aliphatic carbocycles. The van der Waals surface area contributed by atoms with Crippen LogP contribution in [0.4, 0.5) is 0 Å². The van der Waals surface area contributed by atoms with E-state index >= 15 is 0 Å². The summed E-state index contributed by atoms with van der Waals surface area (Å²) in [5.74, 6) is 1.47. The van der Waals surface area contributed by atoms with Gasteiger partial charge in [0.2, 0.25) is 0 Å². The lowest BCUT2D eigenvalue weighted by Crippen LogP contribution is -2.43. The molecule has 190 valence electrons. The van der Waals surface area contributed by atoms with Crippen LogP contribution < -0.4 is 0 Å². The minimum atomic E-state index is -1.73.